The Labute approximate surface area is 287 Å². The standard InChI is InChI=1S/C40H64O6Si/c1-28(2)11-9-12-29(3)35-19-20-36-34-18-15-31-27-33(21-23-39(31,4)37(34)22-24-40(35,36)5)46-38(41)30-13-16-32(17-14-30)45-25-10-26-47(42-6,43-7)44-8/h13-17,28-29,33-37H,9-12,18-27H2,1-8H3. The van der Waals surface area contributed by atoms with Crippen LogP contribution in [-0.4, -0.2) is 48.8 Å². The van der Waals surface area contributed by atoms with Gasteiger partial charge in [0, 0.05) is 33.8 Å². The molecule has 3 fully saturated rings. The van der Waals surface area contributed by atoms with Crippen molar-refractivity contribution >= 4 is 14.8 Å². The largest absolute Gasteiger partial charge is 0.500 e. The second-order valence-electron chi connectivity index (χ2n) is 16.3. The van der Waals surface area contributed by atoms with Crippen LogP contribution in [0.5, 0.6) is 5.75 Å². The van der Waals surface area contributed by atoms with Crippen LogP contribution in [0.2, 0.25) is 6.04 Å². The van der Waals surface area contributed by atoms with Crippen LogP contribution in [0.15, 0.2) is 35.9 Å². The molecule has 0 amide bonds. The molecule has 0 saturated heterocycles. The average molecular weight is 669 g/mol. The van der Waals surface area contributed by atoms with E-state index in [-0.39, 0.29) is 17.5 Å². The molecule has 8 atom stereocenters. The van der Waals surface area contributed by atoms with Crippen LogP contribution in [0.25, 0.3) is 0 Å². The molecule has 0 N–H and O–H groups in total. The minimum absolute atomic E-state index is 0.0440. The normalized spacial score (nSPS) is 32.6. The van der Waals surface area contributed by atoms with Gasteiger partial charge in [-0.15, -0.1) is 0 Å². The summed E-state index contributed by atoms with van der Waals surface area (Å²) in [6.45, 7) is 13.0. The Morgan fingerprint density at radius 1 is 0.894 bits per heavy atom. The van der Waals surface area contributed by atoms with Crippen molar-refractivity contribution in [1.29, 1.82) is 0 Å². The minimum atomic E-state index is -2.59. The number of carbonyl (C=O) groups is 1. The van der Waals surface area contributed by atoms with Gasteiger partial charge in [-0.3, -0.25) is 0 Å². The zero-order chi connectivity index (χ0) is 33.8. The molecule has 0 radical (unpaired) electrons. The number of hydrogen-bond acceptors (Lipinski definition) is 6. The van der Waals surface area contributed by atoms with Crippen molar-refractivity contribution < 1.29 is 27.5 Å². The van der Waals surface area contributed by atoms with Gasteiger partial charge in [-0.1, -0.05) is 65.5 Å². The van der Waals surface area contributed by atoms with Crippen LogP contribution < -0.4 is 4.74 Å². The maximum absolute atomic E-state index is 13.2. The van der Waals surface area contributed by atoms with Crippen molar-refractivity contribution in [1.82, 2.24) is 0 Å². The molecule has 5 rings (SSSR count). The van der Waals surface area contributed by atoms with Crippen molar-refractivity contribution in [3.63, 3.8) is 0 Å². The van der Waals surface area contributed by atoms with Gasteiger partial charge >= 0.3 is 14.8 Å². The Bertz CT molecular complexity index is 1200. The summed E-state index contributed by atoms with van der Waals surface area (Å²) >= 11 is 0. The molecule has 4 aliphatic carbocycles. The maximum Gasteiger partial charge on any atom is 0.500 e. The van der Waals surface area contributed by atoms with E-state index in [1.54, 1.807) is 26.9 Å². The number of rotatable bonds is 15. The number of fused-ring (bicyclic) bond motifs is 5. The van der Waals surface area contributed by atoms with Crippen molar-refractivity contribution in [2.45, 2.75) is 124 Å². The molecular weight excluding hydrogens is 605 g/mol. The Hall–Kier alpha value is -1.67. The molecule has 1 aromatic rings. The zero-order valence-electron chi connectivity index (χ0n) is 30.8. The van der Waals surface area contributed by atoms with Gasteiger partial charge in [0.05, 0.1) is 12.2 Å². The topological polar surface area (TPSA) is 63.2 Å². The monoisotopic (exact) mass is 668 g/mol. The summed E-state index contributed by atoms with van der Waals surface area (Å²) in [5.41, 5.74) is 2.91. The molecule has 4 aliphatic rings. The Balaban J connectivity index is 1.13. The number of hydrogen-bond donors (Lipinski definition) is 0. The van der Waals surface area contributed by atoms with E-state index in [2.05, 4.69) is 40.7 Å². The highest BCUT2D eigenvalue weighted by Crippen LogP contribution is 2.67. The quantitative estimate of drug-likeness (QED) is 0.0803. The summed E-state index contributed by atoms with van der Waals surface area (Å²) in [6, 6.07) is 8.00. The molecule has 47 heavy (non-hydrogen) atoms. The Morgan fingerprint density at radius 3 is 2.30 bits per heavy atom. The molecule has 7 heteroatoms. The third-order valence-electron chi connectivity index (χ3n) is 13.5. The SMILES string of the molecule is CO[Si](CCCOc1ccc(C(=O)OC2CCC3(C)C(=CCC4C3CCC3(C)C(C(C)CCCC(C)C)CCC43)C2)cc1)(OC)OC. The summed E-state index contributed by atoms with van der Waals surface area (Å²) in [6.07, 6.45) is 17.3. The van der Waals surface area contributed by atoms with Crippen molar-refractivity contribution in [3.05, 3.63) is 41.5 Å². The first kappa shape index (κ1) is 36.6. The summed E-state index contributed by atoms with van der Waals surface area (Å²) in [5.74, 6) is 5.52. The summed E-state index contributed by atoms with van der Waals surface area (Å²) in [7, 11) is 2.27. The van der Waals surface area contributed by atoms with Crippen LogP contribution in [0.4, 0.5) is 0 Å². The molecule has 6 nitrogen and oxygen atoms in total. The predicted octanol–water partition coefficient (Wildman–Crippen LogP) is 9.90. The summed E-state index contributed by atoms with van der Waals surface area (Å²) in [5, 5.41) is 0. The third kappa shape index (κ3) is 7.73. The van der Waals surface area contributed by atoms with Crippen LogP contribution in [0.1, 0.15) is 122 Å². The number of benzene rings is 1. The van der Waals surface area contributed by atoms with Gasteiger partial charge in [0.2, 0.25) is 0 Å². The third-order valence-corrected chi connectivity index (χ3v) is 16.3. The summed E-state index contributed by atoms with van der Waals surface area (Å²) in [4.78, 5) is 13.2. The molecule has 0 heterocycles. The maximum atomic E-state index is 13.2. The smallest absolute Gasteiger partial charge is 0.494 e. The molecular formula is C40H64O6Si. The lowest BCUT2D eigenvalue weighted by Gasteiger charge is -2.58. The van der Waals surface area contributed by atoms with E-state index < -0.39 is 8.80 Å². The Morgan fingerprint density at radius 2 is 1.62 bits per heavy atom. The lowest BCUT2D eigenvalue weighted by Crippen LogP contribution is -2.51. The Kier molecular flexibility index (Phi) is 12.1. The van der Waals surface area contributed by atoms with E-state index in [9.17, 15) is 4.79 Å². The number of allylic oxidation sites excluding steroid dienone is 1. The highest BCUT2D eigenvalue weighted by atomic mass is 28.4. The van der Waals surface area contributed by atoms with Gasteiger partial charge in [0.15, 0.2) is 0 Å². The average Bonchev–Trinajstić information content (AvgIpc) is 3.43. The first-order chi connectivity index (χ1) is 22.5. The van der Waals surface area contributed by atoms with Gasteiger partial charge in [0.1, 0.15) is 11.9 Å². The number of ether oxygens (including phenoxy) is 2. The zero-order valence-corrected chi connectivity index (χ0v) is 31.8. The van der Waals surface area contributed by atoms with E-state index in [4.69, 9.17) is 22.8 Å². The fourth-order valence-electron chi connectivity index (χ4n) is 10.7. The molecule has 264 valence electrons. The van der Waals surface area contributed by atoms with Crippen LogP contribution in [0.3, 0.4) is 0 Å². The first-order valence-electron chi connectivity index (χ1n) is 18.8. The van der Waals surface area contributed by atoms with Crippen molar-refractivity contribution in [2.75, 3.05) is 27.9 Å². The van der Waals surface area contributed by atoms with Crippen molar-refractivity contribution in [2.24, 2.45) is 46.3 Å². The second kappa shape index (κ2) is 15.5. The first-order valence-corrected chi connectivity index (χ1v) is 20.7. The molecule has 0 bridgehead atoms. The van der Waals surface area contributed by atoms with E-state index in [0.29, 0.717) is 23.6 Å². The van der Waals surface area contributed by atoms with E-state index in [0.717, 1.165) is 66.9 Å². The van der Waals surface area contributed by atoms with E-state index in [1.165, 1.54) is 51.4 Å². The number of carbonyl (C=O) groups excluding carboxylic acids is 1. The van der Waals surface area contributed by atoms with Crippen LogP contribution in [-0.2, 0) is 18.0 Å². The molecule has 0 aromatic heterocycles. The van der Waals surface area contributed by atoms with Crippen LogP contribution >= 0.6 is 0 Å². The van der Waals surface area contributed by atoms with Gasteiger partial charge < -0.3 is 22.8 Å². The molecule has 0 aliphatic heterocycles. The highest BCUT2D eigenvalue weighted by Gasteiger charge is 2.59. The predicted molar refractivity (Wildman–Crippen MR) is 190 cm³/mol. The minimum Gasteiger partial charge on any atom is -0.494 e. The van der Waals surface area contributed by atoms with Gasteiger partial charge in [0.25, 0.3) is 0 Å². The lowest BCUT2D eigenvalue weighted by molar-refractivity contribution is -0.0594. The fourth-order valence-corrected chi connectivity index (χ4v) is 12.4. The van der Waals surface area contributed by atoms with Crippen LogP contribution in [0, 0.1) is 46.3 Å². The fraction of sp³-hybridized carbons (Fsp3) is 0.775. The van der Waals surface area contributed by atoms with Gasteiger partial charge in [-0.05, 0) is 122 Å². The van der Waals surface area contributed by atoms with Gasteiger partial charge in [-0.25, -0.2) is 4.79 Å². The lowest BCUT2D eigenvalue weighted by atomic mass is 9.47. The molecule has 0 spiro atoms. The van der Waals surface area contributed by atoms with E-state index in [1.807, 2.05) is 24.3 Å². The summed E-state index contributed by atoms with van der Waals surface area (Å²) < 4.78 is 28.5. The van der Waals surface area contributed by atoms with Crippen molar-refractivity contribution in [3.8, 4) is 5.75 Å². The highest BCUT2D eigenvalue weighted by molar-refractivity contribution is 6.60. The second-order valence-corrected chi connectivity index (χ2v) is 19.4. The van der Waals surface area contributed by atoms with E-state index >= 15 is 0 Å². The molecule has 8 unspecified atom stereocenters. The molecule has 3 saturated carbocycles. The van der Waals surface area contributed by atoms with Gasteiger partial charge in [-0.2, -0.15) is 0 Å². The molecule has 1 aromatic carbocycles. The number of esters is 1.